The largest absolute Gasteiger partial charge is 0.272 e. The highest BCUT2D eigenvalue weighted by molar-refractivity contribution is 7.80. The zero-order chi connectivity index (χ0) is 10.5. The molecule has 2 aromatic heterocycles. The smallest absolute Gasteiger partial charge is 0.0938 e. The number of hydrogen-bond donors (Lipinski definition) is 1. The van der Waals surface area contributed by atoms with Crippen LogP contribution in [0.4, 0.5) is 0 Å². The predicted molar refractivity (Wildman–Crippen MR) is 63.9 cm³/mol. The Labute approximate surface area is 94.6 Å². The quantitative estimate of drug-likeness (QED) is 0.800. The van der Waals surface area contributed by atoms with Crippen LogP contribution in [-0.4, -0.2) is 20.5 Å². The van der Waals surface area contributed by atoms with Crippen molar-refractivity contribution in [2.75, 3.05) is 5.75 Å². The molecule has 0 unspecified atom stereocenters. The highest BCUT2D eigenvalue weighted by Gasteiger charge is 2.01. The number of hydrogen-bond acceptors (Lipinski definition) is 3. The van der Waals surface area contributed by atoms with Crippen molar-refractivity contribution in [1.29, 1.82) is 0 Å². The summed E-state index contributed by atoms with van der Waals surface area (Å²) >= 11 is 4.18. The Balaban J connectivity index is 2.14. The van der Waals surface area contributed by atoms with Gasteiger partial charge in [0.1, 0.15) is 0 Å². The van der Waals surface area contributed by atoms with Crippen LogP contribution in [0, 0.1) is 0 Å². The van der Waals surface area contributed by atoms with Crippen molar-refractivity contribution in [1.82, 2.24) is 14.8 Å². The topological polar surface area (TPSA) is 30.7 Å². The Morgan fingerprint density at radius 1 is 1.33 bits per heavy atom. The zero-order valence-electron chi connectivity index (χ0n) is 8.37. The van der Waals surface area contributed by atoms with Crippen LogP contribution in [0.2, 0.25) is 0 Å². The molecule has 0 aromatic carbocycles. The predicted octanol–water partition coefficient (Wildman–Crippen LogP) is 2.26. The van der Waals surface area contributed by atoms with Crippen LogP contribution >= 0.6 is 12.6 Å². The van der Waals surface area contributed by atoms with Crippen LogP contribution in [0.15, 0.2) is 36.8 Å². The first-order valence-corrected chi connectivity index (χ1v) is 5.58. The molecule has 2 aromatic rings. The SMILES string of the molecule is SCCCn1ccc(-c2cccnc2)n1. The van der Waals surface area contributed by atoms with Gasteiger partial charge in [-0.05, 0) is 30.4 Å². The number of nitrogens with zero attached hydrogens (tertiary/aromatic N) is 3. The van der Waals surface area contributed by atoms with Crippen molar-refractivity contribution in [3.63, 3.8) is 0 Å². The van der Waals surface area contributed by atoms with Gasteiger partial charge >= 0.3 is 0 Å². The van der Waals surface area contributed by atoms with E-state index in [-0.39, 0.29) is 0 Å². The summed E-state index contributed by atoms with van der Waals surface area (Å²) in [6.45, 7) is 0.920. The van der Waals surface area contributed by atoms with Crippen molar-refractivity contribution in [2.24, 2.45) is 0 Å². The monoisotopic (exact) mass is 219 g/mol. The first kappa shape index (κ1) is 10.2. The molecule has 0 aliphatic carbocycles. The fraction of sp³-hybridized carbons (Fsp3) is 0.273. The minimum absolute atomic E-state index is 0.891. The van der Waals surface area contributed by atoms with Crippen molar-refractivity contribution in [3.8, 4) is 11.3 Å². The lowest BCUT2D eigenvalue weighted by atomic mass is 10.2. The molecule has 0 spiro atoms. The van der Waals surface area contributed by atoms with Crippen LogP contribution in [0.3, 0.4) is 0 Å². The summed E-state index contributed by atoms with van der Waals surface area (Å²) < 4.78 is 1.94. The van der Waals surface area contributed by atoms with Crippen LogP contribution in [0.5, 0.6) is 0 Å². The van der Waals surface area contributed by atoms with Gasteiger partial charge in [-0.1, -0.05) is 0 Å². The van der Waals surface area contributed by atoms with Crippen LogP contribution in [0.25, 0.3) is 11.3 Å². The van der Waals surface area contributed by atoms with Crippen LogP contribution < -0.4 is 0 Å². The third kappa shape index (κ3) is 2.59. The fourth-order valence-electron chi connectivity index (χ4n) is 1.39. The molecule has 3 nitrogen and oxygen atoms in total. The van der Waals surface area contributed by atoms with Gasteiger partial charge in [-0.3, -0.25) is 9.67 Å². The van der Waals surface area contributed by atoms with Crippen molar-refractivity contribution in [3.05, 3.63) is 36.8 Å². The van der Waals surface area contributed by atoms with Gasteiger partial charge in [0.25, 0.3) is 0 Å². The molecular formula is C11H13N3S. The molecule has 0 radical (unpaired) electrons. The number of rotatable bonds is 4. The molecule has 0 fully saturated rings. The standard InChI is InChI=1S/C11H13N3S/c15-8-2-6-14-7-4-11(13-14)10-3-1-5-12-9-10/h1,3-5,7,9,15H,2,6,8H2. The molecule has 4 heteroatoms. The van der Waals surface area contributed by atoms with Gasteiger partial charge in [-0.2, -0.15) is 17.7 Å². The van der Waals surface area contributed by atoms with Gasteiger partial charge in [-0.25, -0.2) is 0 Å². The minimum atomic E-state index is 0.891. The van der Waals surface area contributed by atoms with E-state index in [4.69, 9.17) is 0 Å². The zero-order valence-corrected chi connectivity index (χ0v) is 9.27. The molecule has 0 bridgehead atoms. The lowest BCUT2D eigenvalue weighted by Gasteiger charge is -1.98. The summed E-state index contributed by atoms with van der Waals surface area (Å²) in [6.07, 6.45) is 6.62. The first-order valence-electron chi connectivity index (χ1n) is 4.95. The van der Waals surface area contributed by atoms with E-state index in [0.717, 1.165) is 30.0 Å². The Bertz CT molecular complexity index is 411. The van der Waals surface area contributed by atoms with E-state index in [1.54, 1.807) is 6.20 Å². The second kappa shape index (κ2) is 4.98. The Hall–Kier alpha value is -1.29. The third-order valence-corrected chi connectivity index (χ3v) is 2.46. The molecular weight excluding hydrogens is 206 g/mol. The van der Waals surface area contributed by atoms with E-state index in [1.165, 1.54) is 0 Å². The molecule has 15 heavy (non-hydrogen) atoms. The van der Waals surface area contributed by atoms with Gasteiger partial charge < -0.3 is 0 Å². The van der Waals surface area contributed by atoms with E-state index >= 15 is 0 Å². The molecule has 0 saturated carbocycles. The average Bonchev–Trinajstić information content (AvgIpc) is 2.76. The molecule has 0 N–H and O–H groups in total. The van der Waals surface area contributed by atoms with E-state index in [2.05, 4.69) is 22.7 Å². The average molecular weight is 219 g/mol. The summed E-state index contributed by atoms with van der Waals surface area (Å²) in [5.41, 5.74) is 2.03. The molecule has 0 amide bonds. The van der Waals surface area contributed by atoms with E-state index in [9.17, 15) is 0 Å². The van der Waals surface area contributed by atoms with Gasteiger partial charge in [0.05, 0.1) is 5.69 Å². The molecule has 2 rings (SSSR count). The van der Waals surface area contributed by atoms with Gasteiger partial charge in [0.15, 0.2) is 0 Å². The lowest BCUT2D eigenvalue weighted by Crippen LogP contribution is -1.99. The fourth-order valence-corrected chi connectivity index (χ4v) is 1.53. The van der Waals surface area contributed by atoms with Gasteiger partial charge in [0, 0.05) is 30.7 Å². The second-order valence-corrected chi connectivity index (χ2v) is 3.73. The van der Waals surface area contributed by atoms with E-state index in [1.807, 2.05) is 35.3 Å². The maximum atomic E-state index is 4.46. The maximum absolute atomic E-state index is 4.46. The third-order valence-electron chi connectivity index (χ3n) is 2.14. The first-order chi connectivity index (χ1) is 7.40. The highest BCUT2D eigenvalue weighted by Crippen LogP contribution is 2.14. The summed E-state index contributed by atoms with van der Waals surface area (Å²) in [5.74, 6) is 0.891. The Morgan fingerprint density at radius 3 is 3.00 bits per heavy atom. The summed E-state index contributed by atoms with van der Waals surface area (Å²) in [4.78, 5) is 4.07. The maximum Gasteiger partial charge on any atom is 0.0938 e. The summed E-state index contributed by atoms with van der Waals surface area (Å²) in [5, 5.41) is 4.46. The Kier molecular flexibility index (Phi) is 3.40. The number of thiol groups is 1. The van der Waals surface area contributed by atoms with Crippen molar-refractivity contribution >= 4 is 12.6 Å². The molecule has 78 valence electrons. The van der Waals surface area contributed by atoms with Crippen molar-refractivity contribution in [2.45, 2.75) is 13.0 Å². The molecule has 0 atom stereocenters. The molecule has 0 aliphatic rings. The second-order valence-electron chi connectivity index (χ2n) is 3.28. The molecule has 0 aliphatic heterocycles. The van der Waals surface area contributed by atoms with Gasteiger partial charge in [0.2, 0.25) is 0 Å². The molecule has 2 heterocycles. The lowest BCUT2D eigenvalue weighted by molar-refractivity contribution is 0.608. The number of aryl methyl sites for hydroxylation is 1. The number of pyridine rings is 1. The highest BCUT2D eigenvalue weighted by atomic mass is 32.1. The number of aromatic nitrogens is 3. The van der Waals surface area contributed by atoms with Crippen LogP contribution in [0.1, 0.15) is 6.42 Å². The van der Waals surface area contributed by atoms with E-state index in [0.29, 0.717) is 0 Å². The van der Waals surface area contributed by atoms with E-state index < -0.39 is 0 Å². The minimum Gasteiger partial charge on any atom is -0.272 e. The van der Waals surface area contributed by atoms with Gasteiger partial charge in [-0.15, -0.1) is 0 Å². The summed E-state index contributed by atoms with van der Waals surface area (Å²) in [6, 6.07) is 5.94. The summed E-state index contributed by atoms with van der Waals surface area (Å²) in [7, 11) is 0. The molecule has 0 saturated heterocycles. The van der Waals surface area contributed by atoms with Crippen LogP contribution in [-0.2, 0) is 6.54 Å². The van der Waals surface area contributed by atoms with Crippen molar-refractivity contribution < 1.29 is 0 Å². The Morgan fingerprint density at radius 2 is 2.27 bits per heavy atom. The normalized spacial score (nSPS) is 10.5.